The minimum atomic E-state index is -0.171. The van der Waals surface area contributed by atoms with Crippen LogP contribution in [0, 0.1) is 0 Å². The molecule has 88 valence electrons. The summed E-state index contributed by atoms with van der Waals surface area (Å²) < 4.78 is 1.05. The summed E-state index contributed by atoms with van der Waals surface area (Å²) in [7, 11) is 0. The van der Waals surface area contributed by atoms with Crippen molar-refractivity contribution < 1.29 is 4.79 Å². The molecule has 0 atom stereocenters. The number of rotatable bonds is 3. The predicted octanol–water partition coefficient (Wildman–Crippen LogP) is 3.73. The van der Waals surface area contributed by atoms with Gasteiger partial charge in [-0.1, -0.05) is 6.07 Å². The van der Waals surface area contributed by atoms with Gasteiger partial charge in [-0.2, -0.15) is 5.10 Å². The van der Waals surface area contributed by atoms with Gasteiger partial charge in [0.2, 0.25) is 0 Å². The van der Waals surface area contributed by atoms with Crippen LogP contribution in [0.1, 0.15) is 21.5 Å². The van der Waals surface area contributed by atoms with E-state index in [-0.39, 0.29) is 5.91 Å². The lowest BCUT2D eigenvalue weighted by Gasteiger charge is -1.98. The Morgan fingerprint density at radius 1 is 1.35 bits per heavy atom. The number of hydrogen-bond donors (Lipinski definition) is 1. The first-order chi connectivity index (χ1) is 8.16. The van der Waals surface area contributed by atoms with E-state index in [1.165, 1.54) is 11.3 Å². The molecular weight excluding hydrogens is 320 g/mol. The molecule has 1 N–H and O–H groups in total. The van der Waals surface area contributed by atoms with Crippen LogP contribution in [0.15, 0.2) is 38.5 Å². The van der Waals surface area contributed by atoms with Crippen molar-refractivity contribution in [2.75, 3.05) is 0 Å². The maximum absolute atomic E-state index is 11.6. The van der Waals surface area contributed by atoms with Crippen LogP contribution in [-0.4, -0.2) is 11.6 Å². The minimum Gasteiger partial charge on any atom is -0.266 e. The quantitative estimate of drug-likeness (QED) is 0.677. The fourth-order valence-electron chi connectivity index (χ4n) is 1.16. The van der Waals surface area contributed by atoms with Gasteiger partial charge in [-0.3, -0.25) is 4.79 Å². The average molecular weight is 329 g/mol. The van der Waals surface area contributed by atoms with Crippen molar-refractivity contribution in [3.8, 4) is 0 Å². The predicted molar refractivity (Wildman–Crippen MR) is 76.0 cm³/mol. The molecule has 2 rings (SSSR count). The van der Waals surface area contributed by atoms with E-state index >= 15 is 0 Å². The highest BCUT2D eigenvalue weighted by Crippen LogP contribution is 2.22. The lowest BCUT2D eigenvalue weighted by atomic mass is 10.3. The molecule has 2 heterocycles. The molecule has 0 aliphatic rings. The second-order valence-electron chi connectivity index (χ2n) is 3.22. The van der Waals surface area contributed by atoms with Gasteiger partial charge in [0.25, 0.3) is 5.91 Å². The van der Waals surface area contributed by atoms with E-state index in [2.05, 4.69) is 26.5 Å². The van der Waals surface area contributed by atoms with E-state index in [4.69, 9.17) is 0 Å². The highest BCUT2D eigenvalue weighted by atomic mass is 79.9. The zero-order valence-electron chi connectivity index (χ0n) is 8.94. The molecule has 0 unspecified atom stereocenters. The zero-order valence-corrected chi connectivity index (χ0v) is 12.2. The maximum atomic E-state index is 11.6. The Balaban J connectivity index is 2.04. The van der Waals surface area contributed by atoms with Crippen LogP contribution in [-0.2, 0) is 0 Å². The smallest absolute Gasteiger partial charge is 0.266 e. The molecule has 0 spiro atoms. The van der Waals surface area contributed by atoms with Gasteiger partial charge < -0.3 is 0 Å². The van der Waals surface area contributed by atoms with Crippen LogP contribution in [0.3, 0.4) is 0 Å². The first kappa shape index (κ1) is 12.5. The topological polar surface area (TPSA) is 41.5 Å². The second-order valence-corrected chi connectivity index (χ2v) is 6.63. The van der Waals surface area contributed by atoms with Gasteiger partial charge >= 0.3 is 0 Å². The lowest BCUT2D eigenvalue weighted by molar-refractivity contribution is 0.0959. The molecule has 0 aliphatic heterocycles. The third-order valence-electron chi connectivity index (χ3n) is 2.00. The molecule has 0 aromatic carbocycles. The number of nitrogens with zero attached hydrogens (tertiary/aromatic N) is 1. The van der Waals surface area contributed by atoms with Crippen molar-refractivity contribution in [2.24, 2.45) is 5.10 Å². The number of carbonyl (C=O) groups is 1. The van der Waals surface area contributed by atoms with Crippen LogP contribution in [0.5, 0.6) is 0 Å². The van der Waals surface area contributed by atoms with E-state index in [0.29, 0.717) is 4.88 Å². The molecule has 3 nitrogen and oxygen atoms in total. The lowest BCUT2D eigenvalue weighted by Crippen LogP contribution is -2.17. The zero-order chi connectivity index (χ0) is 12.3. The van der Waals surface area contributed by atoms with Crippen LogP contribution >= 0.6 is 38.6 Å². The van der Waals surface area contributed by atoms with Crippen molar-refractivity contribution >= 4 is 50.2 Å². The highest BCUT2D eigenvalue weighted by Gasteiger charge is 2.06. The molecule has 0 aliphatic carbocycles. The summed E-state index contributed by atoms with van der Waals surface area (Å²) in [6, 6.07) is 7.53. The molecule has 0 saturated carbocycles. The van der Waals surface area contributed by atoms with E-state index in [0.717, 1.165) is 14.4 Å². The normalized spacial score (nSPS) is 11.5. The second kappa shape index (κ2) is 5.57. The number of carbonyl (C=O) groups excluding carboxylic acids is 1. The van der Waals surface area contributed by atoms with E-state index in [1.54, 1.807) is 17.4 Å². The number of amides is 1. The van der Waals surface area contributed by atoms with Crippen LogP contribution in [0.4, 0.5) is 0 Å². The number of hydrazone groups is 1. The molecule has 2 aromatic rings. The highest BCUT2D eigenvalue weighted by molar-refractivity contribution is 9.11. The molecule has 1 amide bonds. The maximum Gasteiger partial charge on any atom is 0.281 e. The number of nitrogens with one attached hydrogen (secondary N) is 1. The van der Waals surface area contributed by atoms with Gasteiger partial charge in [0.15, 0.2) is 0 Å². The van der Waals surface area contributed by atoms with E-state index in [9.17, 15) is 4.79 Å². The van der Waals surface area contributed by atoms with Crippen molar-refractivity contribution in [3.63, 3.8) is 0 Å². The Kier molecular flexibility index (Phi) is 4.09. The van der Waals surface area contributed by atoms with Gasteiger partial charge in [-0.05, 0) is 46.4 Å². The SMILES string of the molecule is C/C(=N/NC(=O)c1cccs1)c1ccc(Br)s1. The Hall–Kier alpha value is -0.980. The summed E-state index contributed by atoms with van der Waals surface area (Å²) >= 11 is 6.37. The third kappa shape index (κ3) is 3.24. The van der Waals surface area contributed by atoms with Gasteiger partial charge in [0, 0.05) is 0 Å². The number of hydrogen-bond acceptors (Lipinski definition) is 4. The molecule has 0 bridgehead atoms. The Bertz CT molecular complexity index is 546. The monoisotopic (exact) mass is 328 g/mol. The molecule has 2 aromatic heterocycles. The Morgan fingerprint density at radius 3 is 2.76 bits per heavy atom. The molecule has 0 saturated heterocycles. The molecule has 17 heavy (non-hydrogen) atoms. The van der Waals surface area contributed by atoms with Gasteiger partial charge in [0.05, 0.1) is 19.3 Å². The average Bonchev–Trinajstić information content (AvgIpc) is 2.95. The van der Waals surface area contributed by atoms with Crippen LogP contribution in [0.2, 0.25) is 0 Å². The Morgan fingerprint density at radius 2 is 2.18 bits per heavy atom. The van der Waals surface area contributed by atoms with Crippen molar-refractivity contribution in [3.05, 3.63) is 43.2 Å². The van der Waals surface area contributed by atoms with Gasteiger partial charge in [0.1, 0.15) is 0 Å². The molecular formula is C11H9BrN2OS2. The summed E-state index contributed by atoms with van der Waals surface area (Å²) in [4.78, 5) is 13.3. The molecule has 6 heteroatoms. The summed E-state index contributed by atoms with van der Waals surface area (Å²) in [5.41, 5.74) is 3.34. The van der Waals surface area contributed by atoms with Crippen molar-refractivity contribution in [1.29, 1.82) is 0 Å². The largest absolute Gasteiger partial charge is 0.281 e. The van der Waals surface area contributed by atoms with Gasteiger partial charge in [-0.15, -0.1) is 22.7 Å². The molecule has 0 fully saturated rings. The summed E-state index contributed by atoms with van der Waals surface area (Å²) in [6.07, 6.45) is 0. The van der Waals surface area contributed by atoms with E-state index in [1.807, 2.05) is 30.5 Å². The summed E-state index contributed by atoms with van der Waals surface area (Å²) in [5.74, 6) is -0.171. The van der Waals surface area contributed by atoms with E-state index < -0.39 is 0 Å². The Labute approximate surface area is 115 Å². The fourth-order valence-corrected chi connectivity index (χ4v) is 3.11. The summed E-state index contributed by atoms with van der Waals surface area (Å²) in [5, 5.41) is 5.94. The van der Waals surface area contributed by atoms with Crippen LogP contribution in [0.25, 0.3) is 0 Å². The van der Waals surface area contributed by atoms with Crippen LogP contribution < -0.4 is 5.43 Å². The standard InChI is InChI=1S/C11H9BrN2OS2/c1-7(8-4-5-10(12)17-8)13-14-11(15)9-3-2-6-16-9/h2-6H,1H3,(H,14,15)/b13-7-. The number of halogens is 1. The third-order valence-corrected chi connectivity index (χ3v) is 4.60. The first-order valence-corrected chi connectivity index (χ1v) is 7.29. The number of thiophene rings is 2. The molecule has 0 radical (unpaired) electrons. The fraction of sp³-hybridized carbons (Fsp3) is 0.0909. The van der Waals surface area contributed by atoms with Crippen molar-refractivity contribution in [1.82, 2.24) is 5.43 Å². The van der Waals surface area contributed by atoms with Gasteiger partial charge in [-0.25, -0.2) is 5.43 Å². The summed E-state index contributed by atoms with van der Waals surface area (Å²) in [6.45, 7) is 1.87. The van der Waals surface area contributed by atoms with Crippen molar-refractivity contribution in [2.45, 2.75) is 6.92 Å². The minimum absolute atomic E-state index is 0.171. The first-order valence-electron chi connectivity index (χ1n) is 4.80.